The highest BCUT2D eigenvalue weighted by atomic mass is 35.5. The molecule has 4 nitrogen and oxygen atoms in total. The number of carboxylic acids is 1. The van der Waals surface area contributed by atoms with E-state index in [1.807, 2.05) is 27.7 Å². The molecule has 1 N–H and O–H groups in total. The predicted octanol–water partition coefficient (Wildman–Crippen LogP) is 4.42. The molecule has 1 aromatic carbocycles. The van der Waals surface area contributed by atoms with Crippen LogP contribution in [-0.2, 0) is 4.74 Å². The van der Waals surface area contributed by atoms with Gasteiger partial charge in [-0.1, -0.05) is 23.2 Å². The topological polar surface area (TPSA) is 55.8 Å². The molecule has 116 valence electrons. The molecule has 1 unspecified atom stereocenters. The van der Waals surface area contributed by atoms with Crippen molar-refractivity contribution in [3.63, 3.8) is 0 Å². The maximum atomic E-state index is 11.4. The van der Waals surface area contributed by atoms with Crippen molar-refractivity contribution in [1.29, 1.82) is 0 Å². The molecule has 1 aromatic rings. The van der Waals surface area contributed by atoms with Crippen LogP contribution in [0.5, 0.6) is 5.75 Å². The Hall–Kier alpha value is -0.970. The fourth-order valence-corrected chi connectivity index (χ4v) is 3.21. The number of rotatable bonds is 3. The summed E-state index contributed by atoms with van der Waals surface area (Å²) in [7, 11) is 0. The van der Waals surface area contributed by atoms with Crippen molar-refractivity contribution in [3.8, 4) is 5.75 Å². The third-order valence-corrected chi connectivity index (χ3v) is 3.99. The lowest BCUT2D eigenvalue weighted by Gasteiger charge is -2.28. The number of hydrogen-bond acceptors (Lipinski definition) is 3. The van der Waals surface area contributed by atoms with Crippen molar-refractivity contribution in [2.45, 2.75) is 51.4 Å². The zero-order valence-electron chi connectivity index (χ0n) is 12.4. The minimum Gasteiger partial charge on any atom is -0.485 e. The van der Waals surface area contributed by atoms with E-state index in [4.69, 9.17) is 32.7 Å². The van der Waals surface area contributed by atoms with Crippen LogP contribution in [0, 0.1) is 0 Å². The molecule has 1 heterocycles. The van der Waals surface area contributed by atoms with Crippen LogP contribution in [0.3, 0.4) is 0 Å². The van der Waals surface area contributed by atoms with E-state index in [0.29, 0.717) is 6.42 Å². The summed E-state index contributed by atoms with van der Waals surface area (Å²) in [5.41, 5.74) is -0.924. The van der Waals surface area contributed by atoms with Crippen molar-refractivity contribution < 1.29 is 19.4 Å². The van der Waals surface area contributed by atoms with Crippen LogP contribution in [0.25, 0.3) is 0 Å². The molecular formula is C15H18Cl2O4. The molecular weight excluding hydrogens is 315 g/mol. The van der Waals surface area contributed by atoms with Crippen LogP contribution in [0.4, 0.5) is 0 Å². The third kappa shape index (κ3) is 3.44. The largest absolute Gasteiger partial charge is 0.485 e. The van der Waals surface area contributed by atoms with E-state index >= 15 is 0 Å². The second-order valence-corrected chi connectivity index (χ2v) is 7.19. The van der Waals surface area contributed by atoms with Crippen molar-refractivity contribution in [2.24, 2.45) is 0 Å². The molecule has 1 atom stereocenters. The first-order valence-electron chi connectivity index (χ1n) is 6.61. The second kappa shape index (κ2) is 5.34. The lowest BCUT2D eigenvalue weighted by atomic mass is 9.97. The average Bonchev–Trinajstić information content (AvgIpc) is 2.49. The zero-order valence-corrected chi connectivity index (χ0v) is 13.9. The Morgan fingerprint density at radius 3 is 2.43 bits per heavy atom. The van der Waals surface area contributed by atoms with Gasteiger partial charge in [0.05, 0.1) is 10.6 Å². The van der Waals surface area contributed by atoms with E-state index in [2.05, 4.69) is 0 Å². The number of ether oxygens (including phenoxy) is 2. The van der Waals surface area contributed by atoms with Crippen LogP contribution < -0.4 is 4.74 Å². The highest BCUT2D eigenvalue weighted by Crippen LogP contribution is 2.42. The highest BCUT2D eigenvalue weighted by Gasteiger charge is 2.48. The van der Waals surface area contributed by atoms with Crippen LogP contribution >= 0.6 is 23.2 Å². The molecule has 0 aliphatic carbocycles. The van der Waals surface area contributed by atoms with Gasteiger partial charge < -0.3 is 14.6 Å². The molecule has 1 aliphatic rings. The molecule has 0 spiro atoms. The molecule has 0 aromatic heterocycles. The van der Waals surface area contributed by atoms with E-state index in [1.165, 1.54) is 12.1 Å². The summed E-state index contributed by atoms with van der Waals surface area (Å²) in [5, 5.41) is 9.73. The number of benzene rings is 1. The normalized spacial score (nSPS) is 23.0. The lowest BCUT2D eigenvalue weighted by Crippen LogP contribution is -2.37. The van der Waals surface area contributed by atoms with Gasteiger partial charge in [-0.2, -0.15) is 0 Å². The molecule has 0 bridgehead atoms. The Kier molecular flexibility index (Phi) is 4.17. The van der Waals surface area contributed by atoms with Crippen molar-refractivity contribution in [3.05, 3.63) is 27.7 Å². The van der Waals surface area contributed by atoms with Gasteiger partial charge in [0, 0.05) is 11.4 Å². The van der Waals surface area contributed by atoms with Gasteiger partial charge in [0.2, 0.25) is 0 Å². The minimum absolute atomic E-state index is 0.0481. The Morgan fingerprint density at radius 2 is 1.95 bits per heavy atom. The maximum absolute atomic E-state index is 11.4. The quantitative estimate of drug-likeness (QED) is 0.890. The summed E-state index contributed by atoms with van der Waals surface area (Å²) in [4.78, 5) is 11.4. The molecule has 0 saturated carbocycles. The van der Waals surface area contributed by atoms with E-state index < -0.39 is 11.6 Å². The van der Waals surface area contributed by atoms with Gasteiger partial charge in [0.15, 0.2) is 5.75 Å². The minimum atomic E-state index is -1.13. The van der Waals surface area contributed by atoms with Gasteiger partial charge in [-0.3, -0.25) is 0 Å². The molecule has 0 amide bonds. The summed E-state index contributed by atoms with van der Waals surface area (Å²) in [6.45, 7) is 7.77. The molecule has 0 radical (unpaired) electrons. The van der Waals surface area contributed by atoms with Gasteiger partial charge in [-0.05, 0) is 39.8 Å². The van der Waals surface area contributed by atoms with Crippen LogP contribution in [0.15, 0.2) is 12.1 Å². The Bertz CT molecular complexity index is 581. The Labute approximate surface area is 133 Å². The van der Waals surface area contributed by atoms with Crippen molar-refractivity contribution in [2.75, 3.05) is 0 Å². The van der Waals surface area contributed by atoms with Crippen LogP contribution in [0.1, 0.15) is 44.5 Å². The van der Waals surface area contributed by atoms with Gasteiger partial charge in [-0.25, -0.2) is 4.79 Å². The predicted molar refractivity (Wildman–Crippen MR) is 81.7 cm³/mol. The summed E-state index contributed by atoms with van der Waals surface area (Å²) in [5.74, 6) is -1.00. The molecule has 1 saturated heterocycles. The second-order valence-electron chi connectivity index (χ2n) is 6.35. The first-order valence-corrected chi connectivity index (χ1v) is 7.36. The summed E-state index contributed by atoms with van der Waals surface area (Å²) < 4.78 is 11.9. The standard InChI is InChI=1S/C15H18Cl2O4/c1-14(2)7-11(15(3,4)21-14)20-12-9(13(18)19)5-8(16)6-10(12)17/h5-6,11H,7H2,1-4H3,(H,18,19). The fourth-order valence-electron chi connectivity index (χ4n) is 2.68. The lowest BCUT2D eigenvalue weighted by molar-refractivity contribution is -0.0846. The molecule has 2 rings (SSSR count). The van der Waals surface area contributed by atoms with E-state index in [1.54, 1.807) is 0 Å². The smallest absolute Gasteiger partial charge is 0.339 e. The zero-order chi connectivity index (χ0) is 16.0. The van der Waals surface area contributed by atoms with E-state index in [-0.39, 0.29) is 33.1 Å². The van der Waals surface area contributed by atoms with Crippen LogP contribution in [-0.4, -0.2) is 28.4 Å². The van der Waals surface area contributed by atoms with Crippen molar-refractivity contribution in [1.82, 2.24) is 0 Å². The molecule has 6 heteroatoms. The number of carbonyl (C=O) groups is 1. The maximum Gasteiger partial charge on any atom is 0.339 e. The van der Waals surface area contributed by atoms with E-state index in [0.717, 1.165) is 0 Å². The van der Waals surface area contributed by atoms with E-state index in [9.17, 15) is 9.90 Å². The van der Waals surface area contributed by atoms with Gasteiger partial charge >= 0.3 is 5.97 Å². The number of carboxylic acid groups (broad SMARTS) is 1. The van der Waals surface area contributed by atoms with Gasteiger partial charge in [0.25, 0.3) is 0 Å². The average molecular weight is 333 g/mol. The molecule has 1 fully saturated rings. The number of hydrogen-bond donors (Lipinski definition) is 1. The third-order valence-electron chi connectivity index (χ3n) is 3.49. The van der Waals surface area contributed by atoms with Gasteiger partial charge in [-0.15, -0.1) is 0 Å². The number of halogens is 2. The molecule has 1 aliphatic heterocycles. The molecule has 21 heavy (non-hydrogen) atoms. The fraction of sp³-hybridized carbons (Fsp3) is 0.533. The first kappa shape index (κ1) is 16.4. The monoisotopic (exact) mass is 332 g/mol. The number of aromatic carboxylic acids is 1. The first-order chi connectivity index (χ1) is 9.52. The Balaban J connectivity index is 2.38. The summed E-state index contributed by atoms with van der Waals surface area (Å²) in [6, 6.07) is 2.80. The Morgan fingerprint density at radius 1 is 1.33 bits per heavy atom. The summed E-state index contributed by atoms with van der Waals surface area (Å²) in [6.07, 6.45) is 0.335. The van der Waals surface area contributed by atoms with Crippen LogP contribution in [0.2, 0.25) is 10.0 Å². The highest BCUT2D eigenvalue weighted by molar-refractivity contribution is 6.36. The SMILES string of the molecule is CC1(C)CC(Oc2c(Cl)cc(Cl)cc2C(=O)O)C(C)(C)O1. The van der Waals surface area contributed by atoms with Crippen molar-refractivity contribution >= 4 is 29.2 Å². The van der Waals surface area contributed by atoms with Gasteiger partial charge in [0.1, 0.15) is 17.3 Å². The summed E-state index contributed by atoms with van der Waals surface area (Å²) >= 11 is 12.0.